The molecule has 0 saturated heterocycles. The highest BCUT2D eigenvalue weighted by molar-refractivity contribution is 5.15. The molecule has 0 heteroatoms. The van der Waals surface area contributed by atoms with Gasteiger partial charge in [0.15, 0.2) is 0 Å². The fourth-order valence-electron chi connectivity index (χ4n) is 3.60. The maximum atomic E-state index is 2.46. The van der Waals surface area contributed by atoms with Gasteiger partial charge in [0.05, 0.1) is 0 Å². The largest absolute Gasteiger partial charge is 0.0622 e. The van der Waals surface area contributed by atoms with Crippen LogP contribution in [0.1, 0.15) is 32.6 Å². The van der Waals surface area contributed by atoms with Gasteiger partial charge >= 0.3 is 0 Å². The van der Waals surface area contributed by atoms with E-state index >= 15 is 0 Å². The van der Waals surface area contributed by atoms with Crippen molar-refractivity contribution in [1.29, 1.82) is 0 Å². The van der Waals surface area contributed by atoms with Crippen LogP contribution in [0.4, 0.5) is 0 Å². The third-order valence-corrected chi connectivity index (χ3v) is 4.04. The first-order valence-corrected chi connectivity index (χ1v) is 4.30. The maximum Gasteiger partial charge on any atom is -0.0258 e. The molecule has 4 saturated carbocycles. The van der Waals surface area contributed by atoms with Crippen molar-refractivity contribution in [1.82, 2.24) is 0 Å². The molecule has 0 N–H and O–H groups in total. The molecule has 4 fully saturated rings. The van der Waals surface area contributed by atoms with Gasteiger partial charge < -0.3 is 0 Å². The summed E-state index contributed by atoms with van der Waals surface area (Å²) in [5, 5.41) is 0. The van der Waals surface area contributed by atoms with Crippen molar-refractivity contribution < 1.29 is 0 Å². The van der Waals surface area contributed by atoms with Crippen LogP contribution < -0.4 is 0 Å². The van der Waals surface area contributed by atoms with Gasteiger partial charge in [-0.05, 0) is 48.9 Å². The van der Waals surface area contributed by atoms with Gasteiger partial charge in [-0.15, -0.1) is 0 Å². The molecule has 0 radical (unpaired) electrons. The Morgan fingerprint density at radius 1 is 1.22 bits per heavy atom. The number of hydrogen-bond acceptors (Lipinski definition) is 0. The summed E-state index contributed by atoms with van der Waals surface area (Å²) in [6.07, 6.45) is 6.39. The highest BCUT2D eigenvalue weighted by Gasteiger charge is 2.66. The third-order valence-electron chi connectivity index (χ3n) is 4.04. The van der Waals surface area contributed by atoms with Crippen LogP contribution in [0, 0.1) is 23.2 Å². The molecule has 2 bridgehead atoms. The number of rotatable bonds is 0. The van der Waals surface area contributed by atoms with Crippen LogP contribution in [-0.4, -0.2) is 0 Å². The lowest BCUT2D eigenvalue weighted by atomic mass is 9.61. The molecule has 2 atom stereocenters. The van der Waals surface area contributed by atoms with E-state index in [9.17, 15) is 0 Å². The van der Waals surface area contributed by atoms with Crippen LogP contribution in [0.3, 0.4) is 0 Å². The van der Waals surface area contributed by atoms with E-state index in [-0.39, 0.29) is 0 Å². The molecule has 0 heterocycles. The van der Waals surface area contributed by atoms with Crippen molar-refractivity contribution in [3.63, 3.8) is 0 Å². The molecule has 50 valence electrons. The van der Waals surface area contributed by atoms with Crippen LogP contribution in [0.2, 0.25) is 0 Å². The zero-order chi connectivity index (χ0) is 6.06. The second-order valence-corrected chi connectivity index (χ2v) is 4.66. The van der Waals surface area contributed by atoms with Crippen molar-refractivity contribution in [2.75, 3.05) is 0 Å². The van der Waals surface area contributed by atoms with Gasteiger partial charge in [0.1, 0.15) is 0 Å². The number of fused-ring (bicyclic) bond motifs is 1. The Morgan fingerprint density at radius 2 is 2.00 bits per heavy atom. The smallest absolute Gasteiger partial charge is 0.0258 e. The van der Waals surface area contributed by atoms with Crippen molar-refractivity contribution >= 4 is 0 Å². The molecule has 0 nitrogen and oxygen atoms in total. The molecule has 0 aromatic heterocycles. The summed E-state index contributed by atoms with van der Waals surface area (Å²) < 4.78 is 0. The van der Waals surface area contributed by atoms with Crippen molar-refractivity contribution in [3.8, 4) is 0 Å². The molecule has 4 aliphatic rings. The minimum Gasteiger partial charge on any atom is -0.0622 e. The second-order valence-electron chi connectivity index (χ2n) is 4.66. The second kappa shape index (κ2) is 1.09. The Bertz CT molecular complexity index is 153. The Kier molecular flexibility index (Phi) is 0.574. The molecular weight excluding hydrogens is 108 g/mol. The first-order valence-electron chi connectivity index (χ1n) is 4.30. The average molecular weight is 122 g/mol. The summed E-state index contributed by atoms with van der Waals surface area (Å²) in [7, 11) is 0. The average Bonchev–Trinajstić information content (AvgIpc) is 2.37. The predicted octanol–water partition coefficient (Wildman–Crippen LogP) is 2.44. The van der Waals surface area contributed by atoms with Crippen molar-refractivity contribution in [3.05, 3.63) is 0 Å². The molecule has 0 aromatic rings. The molecule has 4 aliphatic carbocycles. The van der Waals surface area contributed by atoms with Gasteiger partial charge in [0.2, 0.25) is 0 Å². The lowest BCUT2D eigenvalue weighted by Gasteiger charge is -2.44. The van der Waals surface area contributed by atoms with Gasteiger partial charge in [0, 0.05) is 0 Å². The third kappa shape index (κ3) is 0.395. The lowest BCUT2D eigenvalue weighted by Crippen LogP contribution is -2.34. The van der Waals surface area contributed by atoms with E-state index in [1.165, 1.54) is 11.8 Å². The Labute approximate surface area is 56.6 Å². The zero-order valence-corrected chi connectivity index (χ0v) is 6.06. The maximum absolute atomic E-state index is 2.46. The molecule has 9 heavy (non-hydrogen) atoms. The van der Waals surface area contributed by atoms with E-state index in [1.54, 1.807) is 25.7 Å². The van der Waals surface area contributed by atoms with Crippen LogP contribution in [0.15, 0.2) is 0 Å². The summed E-state index contributed by atoms with van der Waals surface area (Å²) >= 11 is 0. The van der Waals surface area contributed by atoms with Gasteiger partial charge in [-0.1, -0.05) is 6.92 Å². The highest BCUT2D eigenvalue weighted by Crippen LogP contribution is 2.75. The minimum atomic E-state index is 0.961. The van der Waals surface area contributed by atoms with E-state index in [2.05, 4.69) is 6.92 Å². The van der Waals surface area contributed by atoms with Crippen molar-refractivity contribution in [2.24, 2.45) is 23.2 Å². The molecule has 1 spiro atoms. The molecule has 0 amide bonds. The van der Waals surface area contributed by atoms with Gasteiger partial charge in [0.25, 0.3) is 0 Å². The molecule has 0 aliphatic heterocycles. The summed E-state index contributed by atoms with van der Waals surface area (Å²) in [5.74, 6) is 3.44. The summed E-state index contributed by atoms with van der Waals surface area (Å²) in [5.41, 5.74) is 0.961. The zero-order valence-electron chi connectivity index (χ0n) is 6.06. The lowest BCUT2D eigenvalue weighted by molar-refractivity contribution is 0.0593. The standard InChI is InChI=1S/C9H14/c1-6-2-7-3-9(4-7)5-8(6)9/h6-8H,2-5H2,1H3/t6?,7?,8-,9?/m1/s1. The van der Waals surface area contributed by atoms with Crippen molar-refractivity contribution in [2.45, 2.75) is 32.6 Å². The summed E-state index contributed by atoms with van der Waals surface area (Å²) in [4.78, 5) is 0. The Hall–Kier alpha value is 0. The van der Waals surface area contributed by atoms with Crippen LogP contribution >= 0.6 is 0 Å². The molecule has 1 unspecified atom stereocenters. The van der Waals surface area contributed by atoms with Gasteiger partial charge in [-0.25, -0.2) is 0 Å². The highest BCUT2D eigenvalue weighted by atomic mass is 14.7. The quantitative estimate of drug-likeness (QED) is 0.463. The normalized spacial score (nSPS) is 68.3. The summed E-state index contributed by atoms with van der Waals surface area (Å²) in [6.45, 7) is 2.46. The topological polar surface area (TPSA) is 0 Å². The Balaban J connectivity index is 1.93. The van der Waals surface area contributed by atoms with Gasteiger partial charge in [-0.3, -0.25) is 0 Å². The number of hydrogen-bond donors (Lipinski definition) is 0. The molecular formula is C9H14. The van der Waals surface area contributed by atoms with E-state index < -0.39 is 0 Å². The summed E-state index contributed by atoms with van der Waals surface area (Å²) in [6, 6.07) is 0. The van der Waals surface area contributed by atoms with Crippen LogP contribution in [0.5, 0.6) is 0 Å². The minimum absolute atomic E-state index is 0.961. The monoisotopic (exact) mass is 122 g/mol. The first-order chi connectivity index (χ1) is 4.30. The molecule has 4 rings (SSSR count). The fraction of sp³-hybridized carbons (Fsp3) is 1.00. The van der Waals surface area contributed by atoms with E-state index in [0.717, 1.165) is 11.3 Å². The fourth-order valence-corrected chi connectivity index (χ4v) is 3.60. The van der Waals surface area contributed by atoms with E-state index in [4.69, 9.17) is 0 Å². The van der Waals surface area contributed by atoms with Gasteiger partial charge in [-0.2, -0.15) is 0 Å². The van der Waals surface area contributed by atoms with E-state index in [0.29, 0.717) is 0 Å². The Morgan fingerprint density at radius 3 is 2.56 bits per heavy atom. The van der Waals surface area contributed by atoms with E-state index in [1.807, 2.05) is 0 Å². The predicted molar refractivity (Wildman–Crippen MR) is 37.0 cm³/mol. The SMILES string of the molecule is CC1CC2CC3(C2)C[C@H]13. The first kappa shape index (κ1) is 4.76. The van der Waals surface area contributed by atoms with Crippen LogP contribution in [0.25, 0.3) is 0 Å². The van der Waals surface area contributed by atoms with Crippen LogP contribution in [-0.2, 0) is 0 Å². The molecule has 0 aromatic carbocycles.